The largest absolute Gasteiger partial charge is 0.414 e. The van der Waals surface area contributed by atoms with Crippen LogP contribution in [0.25, 0.3) is 11.2 Å². The van der Waals surface area contributed by atoms with Gasteiger partial charge in [0, 0.05) is 6.42 Å². The molecule has 3 rings (SSSR count). The number of imidazole rings is 1. The van der Waals surface area contributed by atoms with E-state index in [1.807, 2.05) is 6.92 Å². The number of anilines is 1. The third kappa shape index (κ3) is 3.66. The third-order valence-electron chi connectivity index (χ3n) is 5.84. The number of nitrogen functional groups attached to an aromatic ring is 1. The molecular weight excluding hydrogens is 378 g/mol. The highest BCUT2D eigenvalue weighted by Gasteiger charge is 2.46. The summed E-state index contributed by atoms with van der Waals surface area (Å²) in [6.45, 7) is 12.9. The zero-order valence-electron chi connectivity index (χ0n) is 17.4. The summed E-state index contributed by atoms with van der Waals surface area (Å²) in [6, 6.07) is 0. The first-order valence-electron chi connectivity index (χ1n) is 9.60. The smallest absolute Gasteiger partial charge is 0.192 e. The second-order valence-electron chi connectivity index (χ2n) is 8.82. The summed E-state index contributed by atoms with van der Waals surface area (Å²) >= 11 is 0. The number of hydrogen-bond acceptors (Lipinski definition) is 8. The Morgan fingerprint density at radius 3 is 2.54 bits per heavy atom. The third-order valence-corrected chi connectivity index (χ3v) is 10.3. The van der Waals surface area contributed by atoms with Gasteiger partial charge in [0.15, 0.2) is 26.0 Å². The van der Waals surface area contributed by atoms with Crippen LogP contribution in [0.5, 0.6) is 0 Å². The van der Waals surface area contributed by atoms with Crippen LogP contribution < -0.4 is 5.73 Å². The van der Waals surface area contributed by atoms with E-state index in [1.165, 1.54) is 6.33 Å². The lowest BCUT2D eigenvalue weighted by Crippen LogP contribution is -2.44. The van der Waals surface area contributed by atoms with Crippen LogP contribution in [-0.2, 0) is 15.6 Å². The Hall–Kier alpha value is -1.59. The first-order valence-corrected chi connectivity index (χ1v) is 12.5. The predicted molar refractivity (Wildman–Crippen MR) is 108 cm³/mol. The van der Waals surface area contributed by atoms with Gasteiger partial charge < -0.3 is 25.1 Å². The van der Waals surface area contributed by atoms with E-state index in [1.54, 1.807) is 4.57 Å². The number of rotatable bonds is 5. The Bertz CT molecular complexity index is 850. The summed E-state index contributed by atoms with van der Waals surface area (Å²) in [4.78, 5) is 12.9. The fraction of sp³-hybridized carbons (Fsp3) is 0.722. The highest BCUT2D eigenvalue weighted by atomic mass is 28.4. The molecule has 0 amide bonds. The number of aromatic nitrogens is 4. The minimum atomic E-state index is -2.00. The van der Waals surface area contributed by atoms with Gasteiger partial charge in [-0.1, -0.05) is 27.7 Å². The highest BCUT2D eigenvalue weighted by Crippen LogP contribution is 2.38. The molecule has 4 N–H and O–H groups in total. The zero-order valence-corrected chi connectivity index (χ0v) is 18.4. The van der Waals surface area contributed by atoms with Gasteiger partial charge in [-0.15, -0.1) is 0 Å². The fourth-order valence-electron chi connectivity index (χ4n) is 2.93. The van der Waals surface area contributed by atoms with Crippen LogP contribution in [0.2, 0.25) is 18.1 Å². The van der Waals surface area contributed by atoms with Gasteiger partial charge in [0.25, 0.3) is 0 Å². The zero-order chi connectivity index (χ0) is 20.9. The summed E-state index contributed by atoms with van der Waals surface area (Å²) in [5.74, 6) is 0.865. The van der Waals surface area contributed by atoms with Gasteiger partial charge in [-0.05, 0) is 18.1 Å². The summed E-state index contributed by atoms with van der Waals surface area (Å²) < 4.78 is 13.8. The lowest BCUT2D eigenvalue weighted by atomic mass is 10.1. The van der Waals surface area contributed by atoms with Crippen LogP contribution in [0.1, 0.15) is 39.7 Å². The minimum Gasteiger partial charge on any atom is -0.414 e. The SMILES string of the molecule is CCc1nc(N)c2ncn([C@@H]3O[C@H](CO[Si](C)(C)C(C)(C)C)C(O)C3O)c2n1. The molecular formula is C18H31N5O4Si. The normalized spacial score (nSPS) is 26.3. The Balaban J connectivity index is 1.83. The number of fused-ring (bicyclic) bond motifs is 1. The number of aliphatic hydroxyl groups is 2. The van der Waals surface area contributed by atoms with E-state index >= 15 is 0 Å². The molecule has 1 fully saturated rings. The quantitative estimate of drug-likeness (QED) is 0.635. The van der Waals surface area contributed by atoms with E-state index in [2.05, 4.69) is 48.8 Å². The van der Waals surface area contributed by atoms with E-state index in [0.29, 0.717) is 23.4 Å². The Morgan fingerprint density at radius 1 is 1.25 bits per heavy atom. The molecule has 2 unspecified atom stereocenters. The minimum absolute atomic E-state index is 0.0418. The van der Waals surface area contributed by atoms with Crippen molar-refractivity contribution in [2.75, 3.05) is 12.3 Å². The predicted octanol–water partition coefficient (Wildman–Crippen LogP) is 1.61. The summed E-state index contributed by atoms with van der Waals surface area (Å²) in [6.07, 6.45) is -1.55. The van der Waals surface area contributed by atoms with Gasteiger partial charge in [0.2, 0.25) is 0 Å². The number of nitrogens with zero attached hydrogens (tertiary/aromatic N) is 4. The van der Waals surface area contributed by atoms with Crippen LogP contribution in [0, 0.1) is 0 Å². The Morgan fingerprint density at radius 2 is 1.93 bits per heavy atom. The van der Waals surface area contributed by atoms with E-state index < -0.39 is 32.9 Å². The van der Waals surface area contributed by atoms with E-state index in [0.717, 1.165) is 0 Å². The summed E-state index contributed by atoms with van der Waals surface area (Å²) in [5, 5.41) is 21.2. The maximum Gasteiger partial charge on any atom is 0.192 e. The van der Waals surface area contributed by atoms with Crippen molar-refractivity contribution in [3.8, 4) is 0 Å². The maximum absolute atomic E-state index is 10.6. The topological polar surface area (TPSA) is 129 Å². The number of hydrogen-bond donors (Lipinski definition) is 3. The molecule has 0 bridgehead atoms. The van der Waals surface area contributed by atoms with E-state index in [9.17, 15) is 10.2 Å². The first kappa shape index (κ1) is 21.1. The Kier molecular flexibility index (Phi) is 5.54. The lowest BCUT2D eigenvalue weighted by Gasteiger charge is -2.37. The van der Waals surface area contributed by atoms with Gasteiger partial charge in [0.1, 0.15) is 29.7 Å². The molecule has 0 aliphatic carbocycles. The molecule has 0 saturated carbocycles. The van der Waals surface area contributed by atoms with E-state index in [-0.39, 0.29) is 17.5 Å². The van der Waals surface area contributed by atoms with Crippen molar-refractivity contribution >= 4 is 25.3 Å². The molecule has 9 nitrogen and oxygen atoms in total. The molecule has 1 aliphatic heterocycles. The summed E-state index contributed by atoms with van der Waals surface area (Å²) in [5.41, 5.74) is 6.90. The van der Waals surface area contributed by atoms with Gasteiger partial charge in [-0.2, -0.15) is 0 Å². The van der Waals surface area contributed by atoms with Crippen LogP contribution in [-0.4, -0.2) is 63.0 Å². The maximum atomic E-state index is 10.6. The molecule has 0 spiro atoms. The molecule has 3 heterocycles. The molecule has 28 heavy (non-hydrogen) atoms. The Labute approximate surface area is 166 Å². The average Bonchev–Trinajstić information content (AvgIpc) is 3.15. The second kappa shape index (κ2) is 7.34. The fourth-order valence-corrected chi connectivity index (χ4v) is 3.95. The van der Waals surface area contributed by atoms with Crippen LogP contribution in [0.4, 0.5) is 5.82 Å². The molecule has 0 radical (unpaired) electrons. The molecule has 1 aliphatic rings. The van der Waals surface area contributed by atoms with Gasteiger partial charge >= 0.3 is 0 Å². The number of ether oxygens (including phenoxy) is 1. The number of aliphatic hydroxyl groups excluding tert-OH is 2. The first-order chi connectivity index (χ1) is 13.0. The van der Waals surface area contributed by atoms with Crippen molar-refractivity contribution in [3.05, 3.63) is 12.2 Å². The molecule has 10 heteroatoms. The standard InChI is InChI=1S/C18H31N5O4Si/c1-7-11-21-15(19)12-16(22-11)23(9-20-12)17-14(25)13(24)10(27-17)8-26-28(5,6)18(2,3)4/h9-10,13-14,17,24-25H,7-8H2,1-6H3,(H2,19,21,22)/t10-,13?,14?,17-/m1/s1. The van der Waals surface area contributed by atoms with Crippen molar-refractivity contribution in [2.24, 2.45) is 0 Å². The van der Waals surface area contributed by atoms with Crippen molar-refractivity contribution in [1.29, 1.82) is 0 Å². The number of aryl methyl sites for hydroxylation is 1. The molecule has 156 valence electrons. The molecule has 4 atom stereocenters. The van der Waals surface area contributed by atoms with Gasteiger partial charge in [-0.3, -0.25) is 4.57 Å². The number of nitrogens with two attached hydrogens (primary N) is 1. The monoisotopic (exact) mass is 409 g/mol. The van der Waals surface area contributed by atoms with Crippen LogP contribution >= 0.6 is 0 Å². The van der Waals surface area contributed by atoms with Crippen LogP contribution in [0.15, 0.2) is 6.33 Å². The molecule has 1 saturated heterocycles. The molecule has 2 aromatic heterocycles. The van der Waals surface area contributed by atoms with Gasteiger partial charge in [0.05, 0.1) is 12.9 Å². The highest BCUT2D eigenvalue weighted by molar-refractivity contribution is 6.74. The summed E-state index contributed by atoms with van der Waals surface area (Å²) in [7, 11) is -2.00. The average molecular weight is 410 g/mol. The second-order valence-corrected chi connectivity index (χ2v) is 13.6. The van der Waals surface area contributed by atoms with Gasteiger partial charge in [-0.25, -0.2) is 15.0 Å². The van der Waals surface area contributed by atoms with Crippen molar-refractivity contribution < 1.29 is 19.4 Å². The lowest BCUT2D eigenvalue weighted by molar-refractivity contribution is -0.0491. The van der Waals surface area contributed by atoms with E-state index in [4.69, 9.17) is 14.9 Å². The van der Waals surface area contributed by atoms with Crippen molar-refractivity contribution in [3.63, 3.8) is 0 Å². The van der Waals surface area contributed by atoms with Crippen LogP contribution in [0.3, 0.4) is 0 Å². The van der Waals surface area contributed by atoms with Crippen molar-refractivity contribution in [2.45, 2.75) is 76.8 Å². The molecule has 0 aromatic carbocycles. The molecule has 2 aromatic rings. The van der Waals surface area contributed by atoms with Crippen molar-refractivity contribution in [1.82, 2.24) is 19.5 Å².